The molecule has 7 nitrogen and oxygen atoms in total. The lowest BCUT2D eigenvalue weighted by atomic mass is 10.2. The molecule has 0 unspecified atom stereocenters. The SMILES string of the molecule is COc1ccc(/C=C/C(=O)Oc2cccc(/C=N/NC(=O)COc3ccc(Cl)cc3Br)c2)cc1. The van der Waals surface area contributed by atoms with Crippen LogP contribution in [0, 0.1) is 0 Å². The Balaban J connectivity index is 1.48. The molecule has 174 valence electrons. The average molecular weight is 544 g/mol. The van der Waals surface area contributed by atoms with Gasteiger partial charge in [-0.3, -0.25) is 4.79 Å². The Bertz CT molecular complexity index is 1210. The maximum atomic E-state index is 12.1. The molecule has 0 radical (unpaired) electrons. The monoisotopic (exact) mass is 542 g/mol. The number of amides is 1. The predicted molar refractivity (Wildman–Crippen MR) is 134 cm³/mol. The zero-order valence-electron chi connectivity index (χ0n) is 18.0. The van der Waals surface area contributed by atoms with Crippen molar-refractivity contribution < 1.29 is 23.8 Å². The van der Waals surface area contributed by atoms with Crippen molar-refractivity contribution in [2.45, 2.75) is 0 Å². The van der Waals surface area contributed by atoms with E-state index in [-0.39, 0.29) is 6.61 Å². The molecule has 3 rings (SSSR count). The second kappa shape index (κ2) is 12.6. The van der Waals surface area contributed by atoms with E-state index >= 15 is 0 Å². The van der Waals surface area contributed by atoms with Crippen molar-refractivity contribution in [1.82, 2.24) is 5.43 Å². The van der Waals surface area contributed by atoms with E-state index in [2.05, 4.69) is 26.5 Å². The summed E-state index contributed by atoms with van der Waals surface area (Å²) in [5.41, 5.74) is 3.84. The topological polar surface area (TPSA) is 86.2 Å². The Hall–Kier alpha value is -3.62. The van der Waals surface area contributed by atoms with Gasteiger partial charge in [0.25, 0.3) is 5.91 Å². The summed E-state index contributed by atoms with van der Waals surface area (Å²) < 4.78 is 16.5. The number of rotatable bonds is 9. The minimum Gasteiger partial charge on any atom is -0.497 e. The number of ether oxygens (including phenoxy) is 3. The first kappa shape index (κ1) is 25.0. The van der Waals surface area contributed by atoms with Gasteiger partial charge in [0.15, 0.2) is 6.61 Å². The molecule has 0 bridgehead atoms. The van der Waals surface area contributed by atoms with Crippen molar-refractivity contribution in [1.29, 1.82) is 0 Å². The molecule has 34 heavy (non-hydrogen) atoms. The van der Waals surface area contributed by atoms with Crippen LogP contribution in [0.2, 0.25) is 5.02 Å². The smallest absolute Gasteiger partial charge is 0.336 e. The third kappa shape index (κ3) is 8.06. The summed E-state index contributed by atoms with van der Waals surface area (Å²) in [5.74, 6) is 0.597. The van der Waals surface area contributed by atoms with Crippen LogP contribution in [0.5, 0.6) is 17.2 Å². The molecule has 0 aliphatic carbocycles. The van der Waals surface area contributed by atoms with Gasteiger partial charge in [0.1, 0.15) is 17.2 Å². The summed E-state index contributed by atoms with van der Waals surface area (Å²) >= 11 is 9.19. The van der Waals surface area contributed by atoms with Crippen LogP contribution in [-0.2, 0) is 9.59 Å². The molecule has 1 N–H and O–H groups in total. The molecule has 0 aromatic heterocycles. The first-order valence-corrected chi connectivity index (χ1v) is 11.1. The number of esters is 1. The quantitative estimate of drug-likeness (QED) is 0.131. The van der Waals surface area contributed by atoms with Crippen molar-refractivity contribution in [3.8, 4) is 17.2 Å². The minimum atomic E-state index is -0.524. The highest BCUT2D eigenvalue weighted by atomic mass is 79.9. The third-order valence-corrected chi connectivity index (χ3v) is 5.11. The van der Waals surface area contributed by atoms with Gasteiger partial charge in [-0.1, -0.05) is 35.9 Å². The van der Waals surface area contributed by atoms with Crippen molar-refractivity contribution in [2.75, 3.05) is 13.7 Å². The number of methoxy groups -OCH3 is 1. The normalized spacial score (nSPS) is 10.9. The molecular weight excluding hydrogens is 524 g/mol. The number of benzene rings is 3. The number of nitrogens with one attached hydrogen (secondary N) is 1. The first-order valence-electron chi connectivity index (χ1n) is 9.97. The molecular formula is C25H20BrClN2O5. The number of halogens is 2. The molecule has 0 atom stereocenters. The minimum absolute atomic E-state index is 0.226. The van der Waals surface area contributed by atoms with E-state index in [1.807, 2.05) is 12.1 Å². The van der Waals surface area contributed by atoms with Gasteiger partial charge >= 0.3 is 5.97 Å². The fraction of sp³-hybridized carbons (Fsp3) is 0.0800. The lowest BCUT2D eigenvalue weighted by Crippen LogP contribution is -2.24. The van der Waals surface area contributed by atoms with E-state index in [1.54, 1.807) is 67.8 Å². The van der Waals surface area contributed by atoms with E-state index in [4.69, 9.17) is 25.8 Å². The summed E-state index contributed by atoms with van der Waals surface area (Å²) in [6.45, 7) is -0.226. The highest BCUT2D eigenvalue weighted by molar-refractivity contribution is 9.10. The van der Waals surface area contributed by atoms with Gasteiger partial charge < -0.3 is 14.2 Å². The van der Waals surface area contributed by atoms with Crippen LogP contribution in [-0.4, -0.2) is 31.8 Å². The number of hydrogen-bond donors (Lipinski definition) is 1. The van der Waals surface area contributed by atoms with Gasteiger partial charge in [0.05, 0.1) is 17.8 Å². The first-order chi connectivity index (χ1) is 16.4. The summed E-state index contributed by atoms with van der Waals surface area (Å²) in [5, 5.41) is 4.45. The molecule has 9 heteroatoms. The van der Waals surface area contributed by atoms with E-state index in [1.165, 1.54) is 12.3 Å². The molecule has 0 spiro atoms. The summed E-state index contributed by atoms with van der Waals surface area (Å²) in [6, 6.07) is 19.0. The Kier molecular flexibility index (Phi) is 9.25. The van der Waals surface area contributed by atoms with Gasteiger partial charge in [-0.15, -0.1) is 0 Å². The van der Waals surface area contributed by atoms with Crippen LogP contribution in [0.4, 0.5) is 0 Å². The van der Waals surface area contributed by atoms with Crippen molar-refractivity contribution in [2.24, 2.45) is 5.10 Å². The van der Waals surface area contributed by atoms with Crippen LogP contribution in [0.25, 0.3) is 6.08 Å². The van der Waals surface area contributed by atoms with Crippen LogP contribution < -0.4 is 19.6 Å². The number of nitrogens with zero attached hydrogens (tertiary/aromatic N) is 1. The maximum Gasteiger partial charge on any atom is 0.336 e. The Morgan fingerprint density at radius 3 is 2.56 bits per heavy atom. The predicted octanol–water partition coefficient (Wildman–Crippen LogP) is 5.26. The molecule has 3 aromatic rings. The molecule has 0 aliphatic rings. The van der Waals surface area contributed by atoms with Gasteiger partial charge in [0, 0.05) is 11.1 Å². The Morgan fingerprint density at radius 2 is 1.82 bits per heavy atom. The number of hydrogen-bond acceptors (Lipinski definition) is 6. The number of carbonyl (C=O) groups is 2. The Labute approximate surface area is 210 Å². The molecule has 0 saturated heterocycles. The highest BCUT2D eigenvalue weighted by Gasteiger charge is 2.06. The van der Waals surface area contributed by atoms with Crippen LogP contribution >= 0.6 is 27.5 Å². The second-order valence-corrected chi connectivity index (χ2v) is 8.05. The molecule has 0 heterocycles. The lowest BCUT2D eigenvalue weighted by molar-refractivity contribution is -0.129. The van der Waals surface area contributed by atoms with Gasteiger partial charge in [-0.05, 0) is 75.6 Å². The second-order valence-electron chi connectivity index (χ2n) is 6.76. The van der Waals surface area contributed by atoms with Crippen molar-refractivity contribution in [3.05, 3.63) is 93.4 Å². The number of hydrazone groups is 1. The fourth-order valence-corrected chi connectivity index (χ4v) is 3.43. The highest BCUT2D eigenvalue weighted by Crippen LogP contribution is 2.27. The zero-order valence-corrected chi connectivity index (χ0v) is 20.4. The summed E-state index contributed by atoms with van der Waals surface area (Å²) in [6.07, 6.45) is 4.41. The van der Waals surface area contributed by atoms with E-state index < -0.39 is 11.9 Å². The average Bonchev–Trinajstić information content (AvgIpc) is 2.83. The van der Waals surface area contributed by atoms with Crippen LogP contribution in [0.3, 0.4) is 0 Å². The number of carbonyl (C=O) groups excluding carboxylic acids is 2. The molecule has 1 amide bonds. The standard InChI is InChI=1S/C25H20BrClN2O5/c1-32-20-9-5-17(6-10-20)7-12-25(31)34-21-4-2-3-18(13-21)15-28-29-24(30)16-33-23-11-8-19(27)14-22(23)26/h2-15H,16H2,1H3,(H,29,30)/b12-7+,28-15+. The van der Waals surface area contributed by atoms with Crippen LogP contribution in [0.15, 0.2) is 82.4 Å². The van der Waals surface area contributed by atoms with Gasteiger partial charge in [-0.25, -0.2) is 10.2 Å². The van der Waals surface area contributed by atoms with E-state index in [9.17, 15) is 9.59 Å². The summed E-state index contributed by atoms with van der Waals surface area (Å²) in [4.78, 5) is 24.1. The van der Waals surface area contributed by atoms with E-state index in [0.717, 1.165) is 11.3 Å². The molecule has 0 fully saturated rings. The van der Waals surface area contributed by atoms with Crippen molar-refractivity contribution >= 4 is 51.7 Å². The zero-order chi connectivity index (χ0) is 24.3. The molecule has 0 aliphatic heterocycles. The van der Waals surface area contributed by atoms with E-state index in [0.29, 0.717) is 26.6 Å². The van der Waals surface area contributed by atoms with Gasteiger partial charge in [0.2, 0.25) is 0 Å². The third-order valence-electron chi connectivity index (χ3n) is 4.26. The molecule has 3 aromatic carbocycles. The lowest BCUT2D eigenvalue weighted by Gasteiger charge is -2.07. The fourth-order valence-electron chi connectivity index (χ4n) is 2.63. The maximum absolute atomic E-state index is 12.1. The van der Waals surface area contributed by atoms with Gasteiger partial charge in [-0.2, -0.15) is 5.10 Å². The Morgan fingerprint density at radius 1 is 1.03 bits per heavy atom. The van der Waals surface area contributed by atoms with Crippen LogP contribution in [0.1, 0.15) is 11.1 Å². The molecule has 0 saturated carbocycles. The van der Waals surface area contributed by atoms with Crippen molar-refractivity contribution in [3.63, 3.8) is 0 Å². The largest absolute Gasteiger partial charge is 0.497 e. The summed E-state index contributed by atoms with van der Waals surface area (Å²) in [7, 11) is 1.59.